The maximum atomic E-state index is 5.78. The van der Waals surface area contributed by atoms with E-state index >= 15 is 0 Å². The highest BCUT2D eigenvalue weighted by atomic mass is 35.5. The van der Waals surface area contributed by atoms with Crippen molar-refractivity contribution in [1.82, 2.24) is 0 Å². The SMILES string of the molecule is [SiH3]c1cc(Cl)c(Cl)cc1Cl. The third kappa shape index (κ3) is 1.67. The molecular weight excluding hydrogens is 207 g/mol. The lowest BCUT2D eigenvalue weighted by Crippen LogP contribution is -2.02. The Morgan fingerprint density at radius 3 is 1.90 bits per heavy atom. The summed E-state index contributed by atoms with van der Waals surface area (Å²) in [6.07, 6.45) is 0. The molecular formula is C6H5Cl3Si. The third-order valence-electron chi connectivity index (χ3n) is 1.20. The molecule has 0 spiro atoms. The number of halogens is 3. The molecule has 0 saturated heterocycles. The molecule has 0 nitrogen and oxygen atoms in total. The topological polar surface area (TPSA) is 0 Å². The van der Waals surface area contributed by atoms with Crippen molar-refractivity contribution in [2.45, 2.75) is 0 Å². The van der Waals surface area contributed by atoms with Crippen molar-refractivity contribution in [2.24, 2.45) is 0 Å². The van der Waals surface area contributed by atoms with Crippen LogP contribution in [-0.2, 0) is 0 Å². The molecule has 0 fully saturated rings. The van der Waals surface area contributed by atoms with Crippen molar-refractivity contribution in [3.8, 4) is 0 Å². The van der Waals surface area contributed by atoms with Crippen LogP contribution in [0.2, 0.25) is 15.1 Å². The summed E-state index contributed by atoms with van der Waals surface area (Å²) in [6, 6.07) is 3.48. The van der Waals surface area contributed by atoms with E-state index in [1.54, 1.807) is 12.1 Å². The normalized spacial score (nSPS) is 10.3. The first kappa shape index (κ1) is 8.40. The molecule has 0 heterocycles. The molecule has 0 amide bonds. The van der Waals surface area contributed by atoms with Gasteiger partial charge in [-0.25, -0.2) is 0 Å². The summed E-state index contributed by atoms with van der Waals surface area (Å²) in [4.78, 5) is 0. The summed E-state index contributed by atoms with van der Waals surface area (Å²) < 4.78 is 0. The highest BCUT2D eigenvalue weighted by molar-refractivity contribution is 6.49. The van der Waals surface area contributed by atoms with E-state index in [4.69, 9.17) is 34.8 Å². The highest BCUT2D eigenvalue weighted by Gasteiger charge is 2.00. The van der Waals surface area contributed by atoms with Gasteiger partial charge in [0.15, 0.2) is 0 Å². The minimum atomic E-state index is 0.520. The predicted octanol–water partition coefficient (Wildman–Crippen LogP) is 1.64. The van der Waals surface area contributed by atoms with Crippen molar-refractivity contribution in [2.75, 3.05) is 0 Å². The van der Waals surface area contributed by atoms with Crippen LogP contribution in [0.3, 0.4) is 0 Å². The Balaban J connectivity index is 3.28. The maximum absolute atomic E-state index is 5.78. The lowest BCUT2D eigenvalue weighted by atomic mass is 10.3. The fraction of sp³-hybridized carbons (Fsp3) is 0. The van der Waals surface area contributed by atoms with E-state index < -0.39 is 0 Å². The first-order chi connectivity index (χ1) is 4.61. The van der Waals surface area contributed by atoms with Gasteiger partial charge in [-0.15, -0.1) is 0 Å². The Morgan fingerprint density at radius 1 is 0.900 bits per heavy atom. The van der Waals surface area contributed by atoms with Crippen molar-refractivity contribution in [1.29, 1.82) is 0 Å². The van der Waals surface area contributed by atoms with Crippen LogP contribution in [0.4, 0.5) is 0 Å². The van der Waals surface area contributed by atoms with E-state index in [2.05, 4.69) is 0 Å². The largest absolute Gasteiger partial charge is 0.0845 e. The van der Waals surface area contributed by atoms with Gasteiger partial charge in [-0.3, -0.25) is 0 Å². The van der Waals surface area contributed by atoms with E-state index in [1.165, 1.54) is 0 Å². The minimum Gasteiger partial charge on any atom is -0.0845 e. The van der Waals surface area contributed by atoms with Crippen LogP contribution in [0.25, 0.3) is 0 Å². The van der Waals surface area contributed by atoms with Gasteiger partial charge in [0.25, 0.3) is 0 Å². The summed E-state index contributed by atoms with van der Waals surface area (Å²) in [7, 11) is 0.898. The molecule has 0 aliphatic carbocycles. The molecule has 0 aromatic heterocycles. The number of hydrogen-bond acceptors (Lipinski definition) is 0. The summed E-state index contributed by atoms with van der Waals surface area (Å²) in [5.74, 6) is 0. The van der Waals surface area contributed by atoms with Gasteiger partial charge in [-0.2, -0.15) is 0 Å². The maximum Gasteiger partial charge on any atom is 0.0606 e. The van der Waals surface area contributed by atoms with Crippen molar-refractivity contribution >= 4 is 50.2 Å². The van der Waals surface area contributed by atoms with Gasteiger partial charge in [0.1, 0.15) is 0 Å². The molecule has 0 N–H and O–H groups in total. The smallest absolute Gasteiger partial charge is 0.0606 e. The molecule has 4 heteroatoms. The van der Waals surface area contributed by atoms with Gasteiger partial charge < -0.3 is 0 Å². The van der Waals surface area contributed by atoms with Gasteiger partial charge in [-0.05, 0) is 12.1 Å². The molecule has 0 aliphatic rings. The molecule has 0 aliphatic heterocycles. The van der Waals surface area contributed by atoms with E-state index in [9.17, 15) is 0 Å². The molecule has 1 aromatic carbocycles. The average Bonchev–Trinajstić information content (AvgIpc) is 1.84. The van der Waals surface area contributed by atoms with Gasteiger partial charge >= 0.3 is 0 Å². The monoisotopic (exact) mass is 210 g/mol. The molecule has 10 heavy (non-hydrogen) atoms. The van der Waals surface area contributed by atoms with Crippen LogP contribution in [0.15, 0.2) is 12.1 Å². The van der Waals surface area contributed by atoms with Gasteiger partial charge in [0.05, 0.1) is 10.0 Å². The van der Waals surface area contributed by atoms with E-state index in [0.717, 1.165) is 15.4 Å². The second-order valence-corrected chi connectivity index (χ2v) is 4.31. The fourth-order valence-electron chi connectivity index (χ4n) is 0.622. The molecule has 1 aromatic rings. The second-order valence-electron chi connectivity index (χ2n) is 2.02. The zero-order valence-electron chi connectivity index (χ0n) is 5.29. The summed E-state index contributed by atoms with van der Waals surface area (Å²) in [5, 5.41) is 2.89. The van der Waals surface area contributed by atoms with E-state index in [0.29, 0.717) is 15.1 Å². The lowest BCUT2D eigenvalue weighted by molar-refractivity contribution is 1.76. The van der Waals surface area contributed by atoms with Crippen LogP contribution in [0.5, 0.6) is 0 Å². The second kappa shape index (κ2) is 3.14. The molecule has 0 radical (unpaired) electrons. The highest BCUT2D eigenvalue weighted by Crippen LogP contribution is 2.22. The minimum absolute atomic E-state index is 0.520. The number of hydrogen-bond donors (Lipinski definition) is 0. The van der Waals surface area contributed by atoms with E-state index in [-0.39, 0.29) is 0 Å². The Kier molecular flexibility index (Phi) is 2.64. The summed E-state index contributed by atoms with van der Waals surface area (Å²) in [5.41, 5.74) is 0. The van der Waals surface area contributed by atoms with Gasteiger partial charge in [-0.1, -0.05) is 40.0 Å². The standard InChI is InChI=1S/C6H5Cl3Si/c7-3-1-5(9)6(10)2-4(3)8/h1-2H,10H3. The van der Waals surface area contributed by atoms with Crippen LogP contribution >= 0.6 is 34.8 Å². The number of benzene rings is 1. The summed E-state index contributed by atoms with van der Waals surface area (Å²) in [6.45, 7) is 0. The Labute approximate surface area is 77.5 Å². The molecule has 1 rings (SSSR count). The van der Waals surface area contributed by atoms with Crippen LogP contribution in [0.1, 0.15) is 0 Å². The van der Waals surface area contributed by atoms with Crippen molar-refractivity contribution in [3.63, 3.8) is 0 Å². The fourth-order valence-corrected chi connectivity index (χ4v) is 1.84. The van der Waals surface area contributed by atoms with Crippen molar-refractivity contribution < 1.29 is 0 Å². The molecule has 0 atom stereocenters. The van der Waals surface area contributed by atoms with Crippen molar-refractivity contribution in [3.05, 3.63) is 27.2 Å². The van der Waals surface area contributed by atoms with Crippen LogP contribution in [0, 0.1) is 0 Å². The Hall–Kier alpha value is 0.307. The van der Waals surface area contributed by atoms with E-state index in [1.807, 2.05) is 0 Å². The Morgan fingerprint density at radius 2 is 1.40 bits per heavy atom. The zero-order valence-corrected chi connectivity index (χ0v) is 9.56. The zero-order chi connectivity index (χ0) is 7.72. The summed E-state index contributed by atoms with van der Waals surface area (Å²) >= 11 is 17.2. The molecule has 54 valence electrons. The molecule has 0 unspecified atom stereocenters. The first-order valence-corrected chi connectivity index (χ1v) is 4.86. The van der Waals surface area contributed by atoms with Crippen LogP contribution < -0.4 is 5.19 Å². The molecule has 0 bridgehead atoms. The van der Waals surface area contributed by atoms with Crippen LogP contribution in [-0.4, -0.2) is 10.2 Å². The lowest BCUT2D eigenvalue weighted by Gasteiger charge is -1.99. The van der Waals surface area contributed by atoms with Gasteiger partial charge in [0, 0.05) is 15.3 Å². The average molecular weight is 212 g/mol. The predicted molar refractivity (Wildman–Crippen MR) is 51.0 cm³/mol. The Bertz CT molecular complexity index is 209. The molecule has 0 saturated carbocycles. The quantitative estimate of drug-likeness (QED) is 0.452. The third-order valence-corrected chi connectivity index (χ3v) is 3.48. The first-order valence-electron chi connectivity index (χ1n) is 2.72. The number of rotatable bonds is 0. The van der Waals surface area contributed by atoms with Gasteiger partial charge in [0.2, 0.25) is 0 Å².